The van der Waals surface area contributed by atoms with E-state index in [2.05, 4.69) is 0 Å². The highest BCUT2D eigenvalue weighted by Gasteiger charge is 2.37. The van der Waals surface area contributed by atoms with Crippen molar-refractivity contribution in [3.05, 3.63) is 75.4 Å². The molecule has 0 amide bonds. The van der Waals surface area contributed by atoms with Gasteiger partial charge in [-0.15, -0.1) is 0 Å². The molecule has 1 aliphatic carbocycles. The number of carbonyl (C=O) groups excluding carboxylic acids is 2. The number of aryl methyl sites for hydroxylation is 1. The number of hydrogen-bond acceptors (Lipinski definition) is 3. The molecule has 0 aliphatic heterocycles. The number of allylic oxidation sites excluding steroid dienone is 1. The van der Waals surface area contributed by atoms with E-state index in [-0.39, 0.29) is 54.2 Å². The second-order valence-electron chi connectivity index (χ2n) is 8.59. The van der Waals surface area contributed by atoms with Gasteiger partial charge in [0, 0.05) is 29.5 Å². The van der Waals surface area contributed by atoms with Gasteiger partial charge in [0.1, 0.15) is 0 Å². The summed E-state index contributed by atoms with van der Waals surface area (Å²) in [5, 5.41) is 8.64. The van der Waals surface area contributed by atoms with Crippen molar-refractivity contribution < 1.29 is 45.8 Å². The molecule has 2 aromatic rings. The molecule has 0 aromatic heterocycles. The number of ketones is 2. The van der Waals surface area contributed by atoms with Crippen molar-refractivity contribution >= 4 is 23.6 Å². The van der Waals surface area contributed by atoms with Gasteiger partial charge in [-0.1, -0.05) is 18.6 Å². The van der Waals surface area contributed by atoms with Crippen molar-refractivity contribution in [2.24, 2.45) is 0 Å². The van der Waals surface area contributed by atoms with E-state index >= 15 is 0 Å². The first-order valence-electron chi connectivity index (χ1n) is 11.2. The topological polar surface area (TPSA) is 71.4 Å². The van der Waals surface area contributed by atoms with Crippen LogP contribution in [0, 0.1) is 0 Å². The lowest BCUT2D eigenvalue weighted by Crippen LogP contribution is -2.15. The Balaban J connectivity index is 1.79. The summed E-state index contributed by atoms with van der Waals surface area (Å²) in [5.41, 5.74) is -2.01. The van der Waals surface area contributed by atoms with Gasteiger partial charge in [0.25, 0.3) is 0 Å². The van der Waals surface area contributed by atoms with Gasteiger partial charge in [-0.25, -0.2) is 0 Å². The fourth-order valence-electron chi connectivity index (χ4n) is 4.04. The highest BCUT2D eigenvalue weighted by atomic mass is 19.4. The number of carboxylic acids is 1. The summed E-state index contributed by atoms with van der Waals surface area (Å²) in [6.45, 7) is 0. The lowest BCUT2D eigenvalue weighted by atomic mass is 9.84. The molecule has 0 radical (unpaired) electrons. The van der Waals surface area contributed by atoms with Gasteiger partial charge < -0.3 is 5.11 Å². The maximum Gasteiger partial charge on any atom is 0.416 e. The molecule has 36 heavy (non-hydrogen) atoms. The van der Waals surface area contributed by atoms with Crippen LogP contribution in [0.1, 0.15) is 81.5 Å². The average molecular weight is 512 g/mol. The third kappa shape index (κ3) is 6.83. The van der Waals surface area contributed by atoms with E-state index in [0.29, 0.717) is 42.5 Å². The van der Waals surface area contributed by atoms with E-state index in [1.165, 1.54) is 12.1 Å². The van der Waals surface area contributed by atoms with Gasteiger partial charge in [-0.05, 0) is 67.2 Å². The summed E-state index contributed by atoms with van der Waals surface area (Å²) < 4.78 is 78.8. The second-order valence-corrected chi connectivity index (χ2v) is 8.59. The summed E-state index contributed by atoms with van der Waals surface area (Å²) in [6, 6.07) is 5.66. The average Bonchev–Trinajstić information content (AvgIpc) is 2.79. The first kappa shape index (κ1) is 27.2. The first-order valence-corrected chi connectivity index (χ1v) is 11.2. The highest BCUT2D eigenvalue weighted by molar-refractivity contribution is 6.13. The normalized spacial score (nSPS) is 15.2. The Hall–Kier alpha value is -3.43. The van der Waals surface area contributed by atoms with E-state index in [1.807, 2.05) is 0 Å². The third-order valence-corrected chi connectivity index (χ3v) is 5.87. The maximum atomic E-state index is 13.1. The third-order valence-electron chi connectivity index (χ3n) is 5.87. The molecule has 0 unspecified atom stereocenters. The number of hydrogen-bond donors (Lipinski definition) is 1. The Morgan fingerprint density at radius 3 is 2.03 bits per heavy atom. The predicted molar refractivity (Wildman–Crippen MR) is 119 cm³/mol. The summed E-state index contributed by atoms with van der Waals surface area (Å²) in [6.07, 6.45) is -6.73. The van der Waals surface area contributed by atoms with E-state index in [4.69, 9.17) is 5.11 Å². The summed E-state index contributed by atoms with van der Waals surface area (Å²) in [5.74, 6) is -1.58. The van der Waals surface area contributed by atoms with Crippen LogP contribution in [0.15, 0.2) is 42.0 Å². The quantitative estimate of drug-likeness (QED) is 0.176. The fraction of sp³-hybridized carbons (Fsp3) is 0.346. The van der Waals surface area contributed by atoms with Gasteiger partial charge in [0.15, 0.2) is 11.6 Å². The van der Waals surface area contributed by atoms with Crippen LogP contribution in [0.2, 0.25) is 0 Å². The number of Topliss-reactive ketones (excluding diaryl/α,β-unsaturated/α-hetero) is 2. The molecule has 10 heteroatoms. The number of unbranched alkanes of at least 4 members (excludes halogenated alkanes) is 2. The Kier molecular flexibility index (Phi) is 8.05. The van der Waals surface area contributed by atoms with E-state index in [1.54, 1.807) is 6.07 Å². The number of carboxylic acid groups (broad SMARTS) is 1. The van der Waals surface area contributed by atoms with Crippen molar-refractivity contribution in [3.8, 4) is 0 Å². The molecule has 0 heterocycles. The highest BCUT2D eigenvalue weighted by Crippen LogP contribution is 2.37. The van der Waals surface area contributed by atoms with Crippen molar-refractivity contribution in [3.63, 3.8) is 0 Å². The molecule has 0 saturated heterocycles. The Bertz CT molecular complexity index is 1180. The number of carbonyl (C=O) groups is 3. The summed E-state index contributed by atoms with van der Waals surface area (Å²) in [4.78, 5) is 35.9. The summed E-state index contributed by atoms with van der Waals surface area (Å²) in [7, 11) is 0. The second kappa shape index (κ2) is 10.7. The minimum Gasteiger partial charge on any atom is -0.481 e. The Morgan fingerprint density at radius 2 is 1.44 bits per heavy atom. The summed E-state index contributed by atoms with van der Waals surface area (Å²) >= 11 is 0. The molecular formula is C26H22F6O4. The largest absolute Gasteiger partial charge is 0.481 e. The van der Waals surface area contributed by atoms with Gasteiger partial charge in [0.2, 0.25) is 0 Å². The van der Waals surface area contributed by atoms with Crippen LogP contribution in [0.25, 0.3) is 6.08 Å². The number of aliphatic carboxylic acids is 1. The molecule has 3 rings (SSSR count). The monoisotopic (exact) mass is 512 g/mol. The van der Waals surface area contributed by atoms with Crippen LogP contribution < -0.4 is 0 Å². The molecular weight excluding hydrogens is 490 g/mol. The van der Waals surface area contributed by atoms with Gasteiger partial charge in [-0.3, -0.25) is 14.4 Å². The molecule has 0 saturated carbocycles. The van der Waals surface area contributed by atoms with E-state index in [9.17, 15) is 40.7 Å². The van der Waals surface area contributed by atoms with Gasteiger partial charge in [0.05, 0.1) is 11.1 Å². The van der Waals surface area contributed by atoms with Crippen molar-refractivity contribution in [2.45, 2.75) is 57.3 Å². The fourth-order valence-corrected chi connectivity index (χ4v) is 4.04. The molecule has 0 bridgehead atoms. The smallest absolute Gasteiger partial charge is 0.416 e. The Morgan fingerprint density at radius 1 is 0.833 bits per heavy atom. The van der Waals surface area contributed by atoms with Crippen LogP contribution in [0.5, 0.6) is 0 Å². The van der Waals surface area contributed by atoms with Crippen LogP contribution in [0.3, 0.4) is 0 Å². The number of fused-ring (bicyclic) bond motifs is 1. The zero-order valence-corrected chi connectivity index (χ0v) is 18.9. The Labute approximate surface area is 202 Å². The number of halogens is 6. The number of benzene rings is 2. The minimum atomic E-state index is -4.99. The molecule has 0 fully saturated rings. The molecule has 0 spiro atoms. The number of rotatable bonds is 8. The lowest BCUT2D eigenvalue weighted by Gasteiger charge is -2.19. The molecule has 1 N–H and O–H groups in total. The predicted octanol–water partition coefficient (Wildman–Crippen LogP) is 7.15. The molecule has 1 aliphatic rings. The van der Waals surface area contributed by atoms with Crippen LogP contribution in [-0.2, 0) is 23.6 Å². The maximum absolute atomic E-state index is 13.1. The minimum absolute atomic E-state index is 0.0308. The van der Waals surface area contributed by atoms with Crippen molar-refractivity contribution in [2.75, 3.05) is 0 Å². The van der Waals surface area contributed by atoms with E-state index in [0.717, 1.165) is 6.08 Å². The lowest BCUT2D eigenvalue weighted by molar-refractivity contribution is -0.143. The van der Waals surface area contributed by atoms with Crippen LogP contribution in [0.4, 0.5) is 26.3 Å². The van der Waals surface area contributed by atoms with E-state index < -0.39 is 35.2 Å². The zero-order valence-electron chi connectivity index (χ0n) is 18.9. The van der Waals surface area contributed by atoms with Crippen LogP contribution >= 0.6 is 0 Å². The first-order chi connectivity index (χ1) is 16.8. The SMILES string of the molecule is O=C(O)CCCCCC(=O)c1ccc2c(c1)CC/C(=C\c1cc(C(F)(F)F)cc(C(F)(F)F)c1)C2=O. The van der Waals surface area contributed by atoms with Crippen molar-refractivity contribution in [1.82, 2.24) is 0 Å². The number of alkyl halides is 6. The molecule has 0 atom stereocenters. The van der Waals surface area contributed by atoms with Crippen LogP contribution in [-0.4, -0.2) is 22.6 Å². The zero-order chi connectivity index (χ0) is 26.7. The molecule has 4 nitrogen and oxygen atoms in total. The molecule has 192 valence electrons. The standard InChI is InChI=1S/C26H22F6O4/c27-25(28,29)19-11-15(12-20(14-19)26(30,31)32)10-18-7-6-16-13-17(8-9-21(16)24(18)36)22(33)4-2-1-3-5-23(34)35/h8-14H,1-7H2,(H,34,35)/b18-10+. The van der Waals surface area contributed by atoms with Gasteiger partial charge >= 0.3 is 18.3 Å². The van der Waals surface area contributed by atoms with Crippen molar-refractivity contribution in [1.29, 1.82) is 0 Å². The molecule has 2 aromatic carbocycles. The van der Waals surface area contributed by atoms with Gasteiger partial charge in [-0.2, -0.15) is 26.3 Å².